The van der Waals surface area contributed by atoms with Gasteiger partial charge in [0.05, 0.1) is 16.7 Å². The molecule has 2 aliphatic rings. The minimum absolute atomic E-state index is 0.664. The molecule has 5 rings (SSSR count). The molecule has 0 saturated heterocycles. The van der Waals surface area contributed by atoms with E-state index in [1.165, 1.54) is 90.9 Å². The van der Waals surface area contributed by atoms with Gasteiger partial charge in [0.15, 0.2) is 0 Å². The van der Waals surface area contributed by atoms with E-state index in [1.807, 2.05) is 0 Å². The second kappa shape index (κ2) is 5.91. The van der Waals surface area contributed by atoms with Gasteiger partial charge in [0.2, 0.25) is 0 Å². The summed E-state index contributed by atoms with van der Waals surface area (Å²) in [4.78, 5) is 4.92. The number of rotatable bonds is 1. The summed E-state index contributed by atoms with van der Waals surface area (Å²) in [5.74, 6) is 0.664. The highest BCUT2D eigenvalue weighted by molar-refractivity contribution is 6.09. The molecule has 1 aliphatic carbocycles. The van der Waals surface area contributed by atoms with Crippen LogP contribution in [-0.4, -0.2) is 9.55 Å². The highest BCUT2D eigenvalue weighted by Crippen LogP contribution is 2.40. The van der Waals surface area contributed by atoms with Crippen LogP contribution < -0.4 is 0 Å². The molecular weight excluding hydrogens is 292 g/mol. The predicted molar refractivity (Wildman–Crippen MR) is 101 cm³/mol. The van der Waals surface area contributed by atoms with Crippen molar-refractivity contribution < 1.29 is 0 Å². The summed E-state index contributed by atoms with van der Waals surface area (Å²) in [6, 6.07) is 9.17. The summed E-state index contributed by atoms with van der Waals surface area (Å²) in [5, 5.41) is 2.88. The van der Waals surface area contributed by atoms with E-state index in [1.54, 1.807) is 0 Å². The SMILES string of the molecule is c1cc2c3c(c1)c1ccnc(C4CCCCC4)c1n3CCCCC2. The van der Waals surface area contributed by atoms with Gasteiger partial charge in [0, 0.05) is 29.4 Å². The fourth-order valence-corrected chi connectivity index (χ4v) is 5.07. The molecule has 0 amide bonds. The van der Waals surface area contributed by atoms with Crippen molar-refractivity contribution in [3.63, 3.8) is 0 Å². The van der Waals surface area contributed by atoms with Crippen LogP contribution in [0.1, 0.15) is 68.5 Å². The Morgan fingerprint density at radius 2 is 1.67 bits per heavy atom. The first-order chi connectivity index (χ1) is 11.9. The van der Waals surface area contributed by atoms with Crippen molar-refractivity contribution in [2.75, 3.05) is 0 Å². The average molecular weight is 318 g/mol. The minimum Gasteiger partial charge on any atom is -0.339 e. The van der Waals surface area contributed by atoms with Gasteiger partial charge < -0.3 is 4.57 Å². The van der Waals surface area contributed by atoms with Gasteiger partial charge in [-0.15, -0.1) is 0 Å². The lowest BCUT2D eigenvalue weighted by atomic mass is 9.86. The second-order valence-electron chi connectivity index (χ2n) is 7.70. The lowest BCUT2D eigenvalue weighted by molar-refractivity contribution is 0.437. The van der Waals surface area contributed by atoms with Crippen molar-refractivity contribution in [1.82, 2.24) is 9.55 Å². The number of fused-ring (bicyclic) bond motifs is 3. The Morgan fingerprint density at radius 3 is 2.58 bits per heavy atom. The van der Waals surface area contributed by atoms with Crippen LogP contribution in [0.3, 0.4) is 0 Å². The van der Waals surface area contributed by atoms with Gasteiger partial charge in [0.1, 0.15) is 0 Å². The van der Waals surface area contributed by atoms with E-state index in [0.29, 0.717) is 5.92 Å². The Hall–Kier alpha value is -1.83. The molecule has 0 radical (unpaired) electrons. The molecule has 1 saturated carbocycles. The number of aromatic nitrogens is 2. The fourth-order valence-electron chi connectivity index (χ4n) is 5.07. The van der Waals surface area contributed by atoms with Crippen LogP contribution in [0.4, 0.5) is 0 Å². The van der Waals surface area contributed by atoms with Crippen molar-refractivity contribution in [2.45, 2.75) is 70.3 Å². The predicted octanol–water partition coefficient (Wildman–Crippen LogP) is 5.96. The number of para-hydroxylation sites is 1. The highest BCUT2D eigenvalue weighted by atomic mass is 15.0. The molecule has 2 heteroatoms. The molecule has 24 heavy (non-hydrogen) atoms. The largest absolute Gasteiger partial charge is 0.339 e. The van der Waals surface area contributed by atoms with Gasteiger partial charge in [-0.05, 0) is 43.7 Å². The smallest absolute Gasteiger partial charge is 0.0713 e. The van der Waals surface area contributed by atoms with Crippen LogP contribution in [0.15, 0.2) is 30.5 Å². The summed E-state index contributed by atoms with van der Waals surface area (Å²) in [6.45, 7) is 1.16. The molecule has 0 bridgehead atoms. The summed E-state index contributed by atoms with van der Waals surface area (Å²) in [7, 11) is 0. The van der Waals surface area contributed by atoms with E-state index in [4.69, 9.17) is 4.98 Å². The molecule has 2 aromatic heterocycles. The molecule has 0 spiro atoms. The lowest BCUT2D eigenvalue weighted by Gasteiger charge is -2.23. The molecule has 0 unspecified atom stereocenters. The van der Waals surface area contributed by atoms with Crippen molar-refractivity contribution >= 4 is 21.8 Å². The zero-order valence-electron chi connectivity index (χ0n) is 14.4. The average Bonchev–Trinajstić information content (AvgIpc) is 2.94. The quantitative estimate of drug-likeness (QED) is 0.541. The van der Waals surface area contributed by atoms with Crippen LogP contribution in [-0.2, 0) is 13.0 Å². The van der Waals surface area contributed by atoms with Gasteiger partial charge in [0.25, 0.3) is 0 Å². The fraction of sp³-hybridized carbons (Fsp3) is 0.500. The molecule has 0 atom stereocenters. The maximum absolute atomic E-state index is 4.92. The Labute approximate surface area is 143 Å². The first-order valence-corrected chi connectivity index (χ1v) is 9.82. The molecule has 124 valence electrons. The van der Waals surface area contributed by atoms with E-state index in [0.717, 1.165) is 6.54 Å². The first kappa shape index (κ1) is 14.5. The summed E-state index contributed by atoms with van der Waals surface area (Å²) in [6.07, 6.45) is 14.0. The zero-order valence-corrected chi connectivity index (χ0v) is 14.4. The Bertz CT molecular complexity index is 884. The van der Waals surface area contributed by atoms with Gasteiger partial charge in [-0.1, -0.05) is 43.9 Å². The maximum Gasteiger partial charge on any atom is 0.0713 e. The van der Waals surface area contributed by atoms with Crippen molar-refractivity contribution in [2.24, 2.45) is 0 Å². The van der Waals surface area contributed by atoms with Gasteiger partial charge in [-0.3, -0.25) is 4.98 Å². The Balaban J connectivity index is 1.83. The normalized spacial score (nSPS) is 19.5. The molecule has 3 heterocycles. The van der Waals surface area contributed by atoms with Gasteiger partial charge in [-0.2, -0.15) is 0 Å². The van der Waals surface area contributed by atoms with E-state index < -0.39 is 0 Å². The van der Waals surface area contributed by atoms with Crippen molar-refractivity contribution in [3.05, 3.63) is 41.7 Å². The number of hydrogen-bond donors (Lipinski definition) is 0. The van der Waals surface area contributed by atoms with E-state index in [2.05, 4.69) is 35.0 Å². The van der Waals surface area contributed by atoms with Crippen LogP contribution in [0.5, 0.6) is 0 Å². The third-order valence-corrected chi connectivity index (χ3v) is 6.22. The monoisotopic (exact) mass is 318 g/mol. The van der Waals surface area contributed by atoms with Crippen LogP contribution in [0, 0.1) is 0 Å². The van der Waals surface area contributed by atoms with Crippen LogP contribution >= 0.6 is 0 Å². The zero-order chi connectivity index (χ0) is 15.9. The van der Waals surface area contributed by atoms with E-state index in [9.17, 15) is 0 Å². The molecule has 0 N–H and O–H groups in total. The van der Waals surface area contributed by atoms with Gasteiger partial charge >= 0.3 is 0 Å². The third kappa shape index (κ3) is 2.19. The third-order valence-electron chi connectivity index (χ3n) is 6.22. The molecular formula is C22H26N2. The molecule has 1 aromatic carbocycles. The van der Waals surface area contributed by atoms with E-state index in [-0.39, 0.29) is 0 Å². The number of nitrogens with zero attached hydrogens (tertiary/aromatic N) is 2. The van der Waals surface area contributed by atoms with Gasteiger partial charge in [-0.25, -0.2) is 0 Å². The van der Waals surface area contributed by atoms with E-state index >= 15 is 0 Å². The summed E-state index contributed by atoms with van der Waals surface area (Å²) < 4.78 is 2.64. The van der Waals surface area contributed by atoms with Crippen LogP contribution in [0.2, 0.25) is 0 Å². The van der Waals surface area contributed by atoms with Crippen molar-refractivity contribution in [3.8, 4) is 0 Å². The number of hydrogen-bond acceptors (Lipinski definition) is 1. The molecule has 3 aromatic rings. The first-order valence-electron chi connectivity index (χ1n) is 9.82. The maximum atomic E-state index is 4.92. The summed E-state index contributed by atoms with van der Waals surface area (Å²) >= 11 is 0. The minimum atomic E-state index is 0.664. The second-order valence-corrected chi connectivity index (χ2v) is 7.70. The lowest BCUT2D eigenvalue weighted by Crippen LogP contribution is -2.10. The Kier molecular flexibility index (Phi) is 3.57. The van der Waals surface area contributed by atoms with Crippen LogP contribution in [0.25, 0.3) is 21.8 Å². The number of aryl methyl sites for hydroxylation is 2. The summed E-state index contributed by atoms with van der Waals surface area (Å²) in [5.41, 5.74) is 5.87. The Morgan fingerprint density at radius 1 is 0.833 bits per heavy atom. The number of pyridine rings is 1. The standard InChI is InChI=1S/C22H26N2/c1-3-8-16(9-4-1)20-22-19(13-14-23-20)18-12-7-11-17-10-5-2-6-15-24(22)21(17)18/h7,11-14,16H,1-6,8-10,15H2. The molecule has 2 nitrogen and oxygen atoms in total. The number of benzene rings is 1. The topological polar surface area (TPSA) is 17.8 Å². The highest BCUT2D eigenvalue weighted by Gasteiger charge is 2.24. The molecule has 1 fully saturated rings. The molecule has 1 aliphatic heterocycles. The van der Waals surface area contributed by atoms with Crippen molar-refractivity contribution in [1.29, 1.82) is 0 Å².